The van der Waals surface area contributed by atoms with Gasteiger partial charge in [-0.15, -0.1) is 0 Å². The molecule has 1 saturated heterocycles. The normalized spacial score (nSPS) is 17.8. The molecule has 1 atom stereocenters. The average Bonchev–Trinajstić information content (AvgIpc) is 3.05. The topological polar surface area (TPSA) is 93.7 Å². The van der Waals surface area contributed by atoms with Gasteiger partial charge < -0.3 is 10.6 Å². The molecular formula is C16H17N7. The highest BCUT2D eigenvalue weighted by molar-refractivity contribution is 5.84. The molecule has 1 unspecified atom stereocenters. The van der Waals surface area contributed by atoms with Gasteiger partial charge in [-0.1, -0.05) is 0 Å². The summed E-state index contributed by atoms with van der Waals surface area (Å²) < 4.78 is 0. The molecule has 3 aromatic heterocycles. The third-order valence-corrected chi connectivity index (χ3v) is 4.22. The maximum Gasteiger partial charge on any atom is 0.153 e. The van der Waals surface area contributed by atoms with Gasteiger partial charge >= 0.3 is 0 Å². The number of nitrogen functional groups attached to an aromatic ring is 1. The Morgan fingerprint density at radius 1 is 1.13 bits per heavy atom. The van der Waals surface area contributed by atoms with Crippen molar-refractivity contribution < 1.29 is 0 Å². The molecule has 1 aliphatic rings. The van der Waals surface area contributed by atoms with Crippen molar-refractivity contribution in [2.45, 2.75) is 19.3 Å². The van der Waals surface area contributed by atoms with Crippen molar-refractivity contribution in [1.29, 1.82) is 0 Å². The second-order valence-electron chi connectivity index (χ2n) is 5.76. The quantitative estimate of drug-likeness (QED) is 0.770. The van der Waals surface area contributed by atoms with Crippen molar-refractivity contribution in [2.75, 3.05) is 23.7 Å². The number of rotatable bonds is 2. The minimum absolute atomic E-state index is 0.401. The van der Waals surface area contributed by atoms with E-state index in [2.05, 4.69) is 29.8 Å². The van der Waals surface area contributed by atoms with E-state index in [1.54, 1.807) is 0 Å². The van der Waals surface area contributed by atoms with Gasteiger partial charge in [-0.2, -0.15) is 0 Å². The van der Waals surface area contributed by atoms with E-state index in [4.69, 9.17) is 5.73 Å². The molecule has 0 radical (unpaired) electrons. The summed E-state index contributed by atoms with van der Waals surface area (Å²) in [5, 5.41) is 0. The highest BCUT2D eigenvalue weighted by Crippen LogP contribution is 2.30. The average molecular weight is 307 g/mol. The van der Waals surface area contributed by atoms with E-state index >= 15 is 0 Å². The smallest absolute Gasteiger partial charge is 0.153 e. The fourth-order valence-corrected chi connectivity index (χ4v) is 3.04. The van der Waals surface area contributed by atoms with Gasteiger partial charge in [-0.3, -0.25) is 0 Å². The number of hydrogen-bond donors (Lipinski definition) is 1. The van der Waals surface area contributed by atoms with Gasteiger partial charge in [0.1, 0.15) is 23.5 Å². The van der Waals surface area contributed by atoms with Crippen molar-refractivity contribution in [2.24, 2.45) is 0 Å². The molecule has 7 nitrogen and oxygen atoms in total. The monoisotopic (exact) mass is 307 g/mol. The first-order valence-electron chi connectivity index (χ1n) is 7.62. The maximum atomic E-state index is 5.91. The predicted octanol–water partition coefficient (Wildman–Crippen LogP) is 1.70. The summed E-state index contributed by atoms with van der Waals surface area (Å²) in [5.41, 5.74) is 8.44. The second-order valence-corrected chi connectivity index (χ2v) is 5.76. The third kappa shape index (κ3) is 2.54. The summed E-state index contributed by atoms with van der Waals surface area (Å²) in [5.74, 6) is 2.54. The van der Waals surface area contributed by atoms with Crippen LogP contribution in [0.25, 0.3) is 11.0 Å². The summed E-state index contributed by atoms with van der Waals surface area (Å²) in [6, 6.07) is 5.93. The molecule has 0 aliphatic carbocycles. The minimum atomic E-state index is 0.401. The highest BCUT2D eigenvalue weighted by atomic mass is 15.2. The molecule has 1 aliphatic heterocycles. The van der Waals surface area contributed by atoms with E-state index in [0.29, 0.717) is 17.3 Å². The Balaban J connectivity index is 1.61. The van der Waals surface area contributed by atoms with Crippen LogP contribution in [0.2, 0.25) is 0 Å². The number of anilines is 2. The molecule has 116 valence electrons. The summed E-state index contributed by atoms with van der Waals surface area (Å²) in [7, 11) is 0. The lowest BCUT2D eigenvalue weighted by atomic mass is 10.1. The Labute approximate surface area is 133 Å². The largest absolute Gasteiger partial charge is 0.382 e. The number of aromatic nitrogens is 5. The van der Waals surface area contributed by atoms with Gasteiger partial charge in [0.05, 0.1) is 5.52 Å². The lowest BCUT2D eigenvalue weighted by Gasteiger charge is -2.18. The Morgan fingerprint density at radius 3 is 2.91 bits per heavy atom. The summed E-state index contributed by atoms with van der Waals surface area (Å²) in [6.45, 7) is 3.76. The molecule has 3 aromatic rings. The predicted molar refractivity (Wildman–Crippen MR) is 88.1 cm³/mol. The van der Waals surface area contributed by atoms with Crippen LogP contribution < -0.4 is 10.6 Å². The van der Waals surface area contributed by atoms with Crippen LogP contribution in [-0.4, -0.2) is 38.0 Å². The van der Waals surface area contributed by atoms with Crippen LogP contribution in [0.5, 0.6) is 0 Å². The zero-order valence-corrected chi connectivity index (χ0v) is 12.8. The van der Waals surface area contributed by atoms with Crippen LogP contribution in [-0.2, 0) is 0 Å². The molecule has 4 heterocycles. The van der Waals surface area contributed by atoms with Crippen molar-refractivity contribution in [1.82, 2.24) is 24.9 Å². The lowest BCUT2D eigenvalue weighted by Crippen LogP contribution is -2.20. The highest BCUT2D eigenvalue weighted by Gasteiger charge is 2.26. The van der Waals surface area contributed by atoms with E-state index < -0.39 is 0 Å². The molecule has 4 rings (SSSR count). The molecule has 1 fully saturated rings. The van der Waals surface area contributed by atoms with Crippen molar-refractivity contribution in [3.05, 3.63) is 42.2 Å². The minimum Gasteiger partial charge on any atom is -0.382 e. The first kappa shape index (κ1) is 13.8. The standard InChI is InChI=1S/C16H17N7/c1-10-18-6-4-12(21-10)11-5-7-23(8-11)14-3-2-13-15(22-14)16(17)20-9-19-13/h2-4,6,9,11H,5,7-8H2,1H3,(H2,17,19,20). The van der Waals surface area contributed by atoms with Crippen molar-refractivity contribution in [3.8, 4) is 0 Å². The number of hydrogen-bond acceptors (Lipinski definition) is 7. The Hall–Kier alpha value is -2.83. The molecule has 0 aromatic carbocycles. The van der Waals surface area contributed by atoms with Crippen LogP contribution in [0.3, 0.4) is 0 Å². The lowest BCUT2D eigenvalue weighted by molar-refractivity contribution is 0.732. The van der Waals surface area contributed by atoms with Crippen molar-refractivity contribution >= 4 is 22.7 Å². The number of aryl methyl sites for hydroxylation is 1. The number of nitrogens with two attached hydrogens (primary N) is 1. The number of fused-ring (bicyclic) bond motifs is 1. The summed E-state index contributed by atoms with van der Waals surface area (Å²) >= 11 is 0. The van der Waals surface area contributed by atoms with Crippen LogP contribution in [0.4, 0.5) is 11.6 Å². The number of pyridine rings is 1. The van der Waals surface area contributed by atoms with E-state index in [1.807, 2.05) is 31.3 Å². The van der Waals surface area contributed by atoms with E-state index in [1.165, 1.54) is 6.33 Å². The zero-order valence-electron chi connectivity index (χ0n) is 12.8. The summed E-state index contributed by atoms with van der Waals surface area (Å²) in [4.78, 5) is 23.8. The van der Waals surface area contributed by atoms with Gasteiger partial charge in [0.15, 0.2) is 5.82 Å². The molecule has 0 amide bonds. The zero-order chi connectivity index (χ0) is 15.8. The van der Waals surface area contributed by atoms with Gasteiger partial charge in [0, 0.05) is 30.9 Å². The molecule has 23 heavy (non-hydrogen) atoms. The van der Waals surface area contributed by atoms with Gasteiger partial charge in [-0.05, 0) is 31.5 Å². The molecular weight excluding hydrogens is 290 g/mol. The third-order valence-electron chi connectivity index (χ3n) is 4.22. The van der Waals surface area contributed by atoms with E-state index in [9.17, 15) is 0 Å². The Morgan fingerprint density at radius 2 is 2.04 bits per heavy atom. The Bertz CT molecular complexity index is 864. The van der Waals surface area contributed by atoms with E-state index in [-0.39, 0.29) is 0 Å². The van der Waals surface area contributed by atoms with Gasteiger partial charge in [0.2, 0.25) is 0 Å². The van der Waals surface area contributed by atoms with Crippen molar-refractivity contribution in [3.63, 3.8) is 0 Å². The second kappa shape index (κ2) is 5.42. The molecule has 0 bridgehead atoms. The van der Waals surface area contributed by atoms with Gasteiger partial charge in [0.25, 0.3) is 0 Å². The van der Waals surface area contributed by atoms with Crippen LogP contribution >= 0.6 is 0 Å². The Kier molecular flexibility index (Phi) is 3.25. The van der Waals surface area contributed by atoms with Gasteiger partial charge in [-0.25, -0.2) is 24.9 Å². The molecule has 7 heteroatoms. The molecule has 0 saturated carbocycles. The van der Waals surface area contributed by atoms with Crippen LogP contribution in [0.1, 0.15) is 23.9 Å². The maximum absolute atomic E-state index is 5.91. The van der Waals surface area contributed by atoms with Crippen LogP contribution in [0.15, 0.2) is 30.7 Å². The van der Waals surface area contributed by atoms with E-state index in [0.717, 1.165) is 42.4 Å². The fourth-order valence-electron chi connectivity index (χ4n) is 3.04. The first-order valence-corrected chi connectivity index (χ1v) is 7.62. The first-order chi connectivity index (χ1) is 11.2. The molecule has 2 N–H and O–H groups in total. The van der Waals surface area contributed by atoms with Crippen LogP contribution in [0, 0.1) is 6.92 Å². The SMILES string of the molecule is Cc1nccc(C2CCN(c3ccc4ncnc(N)c4n3)C2)n1. The number of nitrogens with zero attached hydrogens (tertiary/aromatic N) is 6. The fraction of sp³-hybridized carbons (Fsp3) is 0.312. The molecule has 0 spiro atoms. The summed E-state index contributed by atoms with van der Waals surface area (Å²) in [6.07, 6.45) is 4.34.